The number of rotatable bonds is 0. The second kappa shape index (κ2) is 17.2. The van der Waals surface area contributed by atoms with Crippen LogP contribution in [0.25, 0.3) is 0 Å². The summed E-state index contributed by atoms with van der Waals surface area (Å²) >= 11 is 0. The predicted octanol–water partition coefficient (Wildman–Crippen LogP) is -2.06. The summed E-state index contributed by atoms with van der Waals surface area (Å²) in [5.41, 5.74) is 0. The minimum absolute atomic E-state index is 0. The van der Waals surface area contributed by atoms with E-state index in [0.717, 1.165) is 0 Å². The van der Waals surface area contributed by atoms with Crippen molar-refractivity contribution >= 4 is 84.1 Å². The standard InChI is InChI=1S/Al.Ga.Mg.Sn.2H. The summed E-state index contributed by atoms with van der Waals surface area (Å²) < 4.78 is 0. The summed E-state index contributed by atoms with van der Waals surface area (Å²) in [4.78, 5) is 0. The van der Waals surface area contributed by atoms with Gasteiger partial charge >= 0.3 is 23.1 Å². The van der Waals surface area contributed by atoms with Gasteiger partial charge in [-0.15, -0.1) is 0 Å². The van der Waals surface area contributed by atoms with Gasteiger partial charge in [0.25, 0.3) is 0 Å². The van der Waals surface area contributed by atoms with E-state index in [0.29, 0.717) is 0 Å². The molecule has 14 valence electrons. The van der Waals surface area contributed by atoms with Gasteiger partial charge < -0.3 is 0 Å². The van der Waals surface area contributed by atoms with Crippen LogP contribution in [0.1, 0.15) is 0 Å². The van der Waals surface area contributed by atoms with E-state index in [2.05, 4.69) is 0 Å². The predicted molar refractivity (Wildman–Crippen MR) is 25.8 cm³/mol. The van der Waals surface area contributed by atoms with Crippen LogP contribution in [-0.4, -0.2) is 84.1 Å². The van der Waals surface area contributed by atoms with E-state index in [1.165, 1.54) is 0 Å². The molecule has 0 unspecified atom stereocenters. The van der Waals surface area contributed by atoms with Crippen LogP contribution >= 0.6 is 0 Å². The Morgan fingerprint density at radius 3 is 1.00 bits per heavy atom. The first-order chi connectivity index (χ1) is 0. The summed E-state index contributed by atoms with van der Waals surface area (Å²) in [6.45, 7) is 0. The molecule has 0 saturated carbocycles. The van der Waals surface area contributed by atoms with Crippen molar-refractivity contribution in [1.29, 1.82) is 0 Å². The summed E-state index contributed by atoms with van der Waals surface area (Å²) in [5.74, 6) is 0. The van der Waals surface area contributed by atoms with Crippen molar-refractivity contribution in [2.24, 2.45) is 0 Å². The molecule has 0 amide bonds. The van der Waals surface area contributed by atoms with Gasteiger partial charge in [-0.3, -0.25) is 0 Å². The van der Waals surface area contributed by atoms with Crippen LogP contribution in [0, 0.1) is 0 Å². The van der Waals surface area contributed by atoms with E-state index in [1.807, 2.05) is 0 Å². The zero-order chi connectivity index (χ0) is 0. The van der Waals surface area contributed by atoms with Gasteiger partial charge in [0.1, 0.15) is 0 Å². The molecule has 0 saturated heterocycles. The van der Waals surface area contributed by atoms with Crippen LogP contribution in [0.3, 0.4) is 0 Å². The topological polar surface area (TPSA) is 0 Å². The smallest absolute Gasteiger partial charge is 0 e. The Bertz CT molecular complexity index is 8.00. The van der Waals surface area contributed by atoms with Crippen LogP contribution < -0.4 is 0 Å². The quantitative estimate of drug-likeness (QED) is 0.428. The van der Waals surface area contributed by atoms with Crippen molar-refractivity contribution in [3.63, 3.8) is 0 Å². The minimum Gasteiger partial charge on any atom is 0 e. The first kappa shape index (κ1) is 29.6. The van der Waals surface area contributed by atoms with E-state index in [1.54, 1.807) is 0 Å². The molecule has 0 heterocycles. The zero-order valence-corrected chi connectivity index (χ0v) is 8.09. The monoisotopic (exact) mass is 242 g/mol. The van der Waals surface area contributed by atoms with Crippen molar-refractivity contribution in [1.82, 2.24) is 0 Å². The minimum atomic E-state index is 0. The van der Waals surface area contributed by atoms with Gasteiger partial charge in [0, 0.05) is 61.1 Å². The summed E-state index contributed by atoms with van der Waals surface area (Å²) in [6, 6.07) is 0. The largest absolute Gasteiger partial charge is 0.316 e. The average molecular weight is 242 g/mol. The summed E-state index contributed by atoms with van der Waals surface area (Å²) in [5, 5.41) is 0. The average Bonchev–Trinajstić information content (AvgIpc) is 0. The molecule has 0 rings (SSSR count). The molecule has 0 spiro atoms. The normalized spacial score (nSPS) is 0. The van der Waals surface area contributed by atoms with E-state index in [4.69, 9.17) is 0 Å². The van der Waals surface area contributed by atoms with E-state index in [-0.39, 0.29) is 84.1 Å². The van der Waals surface area contributed by atoms with Gasteiger partial charge in [0.15, 0.2) is 0 Å². The van der Waals surface area contributed by atoms with Crippen LogP contribution in [0.4, 0.5) is 0 Å². The van der Waals surface area contributed by atoms with E-state index >= 15 is 0 Å². The molecule has 0 N–H and O–H groups in total. The van der Waals surface area contributed by atoms with Gasteiger partial charge in [-0.25, -0.2) is 0 Å². The van der Waals surface area contributed by atoms with Crippen LogP contribution in [-0.2, 0) is 0 Å². The molecule has 0 bridgehead atoms. The molecule has 0 nitrogen and oxygen atoms in total. The van der Waals surface area contributed by atoms with Crippen molar-refractivity contribution in [2.75, 3.05) is 0 Å². The van der Waals surface area contributed by atoms with Gasteiger partial charge in [0.05, 0.1) is 0 Å². The molecular weight excluding hydrogens is 240 g/mol. The third-order valence-corrected chi connectivity index (χ3v) is 0. The molecule has 0 atom stereocenters. The maximum atomic E-state index is 0. The third-order valence-electron chi connectivity index (χ3n) is 0. The fourth-order valence-corrected chi connectivity index (χ4v) is 0. The van der Waals surface area contributed by atoms with E-state index in [9.17, 15) is 0 Å². The Morgan fingerprint density at radius 1 is 1.00 bits per heavy atom. The molecule has 0 aromatic heterocycles. The number of hydrogen-bond acceptors (Lipinski definition) is 0. The molecule has 0 aliphatic rings. The molecule has 0 aromatic carbocycles. The Morgan fingerprint density at radius 2 is 1.00 bits per heavy atom. The van der Waals surface area contributed by atoms with Gasteiger partial charge in [0.2, 0.25) is 0 Å². The summed E-state index contributed by atoms with van der Waals surface area (Å²) in [7, 11) is 0. The van der Waals surface area contributed by atoms with Gasteiger partial charge in [-0.1, -0.05) is 0 Å². The third kappa shape index (κ3) is 8.83. The molecule has 0 fully saturated rings. The molecule has 0 aromatic rings. The van der Waals surface area contributed by atoms with E-state index < -0.39 is 0 Å². The van der Waals surface area contributed by atoms with Crippen molar-refractivity contribution in [3.8, 4) is 0 Å². The zero-order valence-electron chi connectivity index (χ0n) is 1.65. The van der Waals surface area contributed by atoms with Crippen LogP contribution in [0.15, 0.2) is 0 Å². The van der Waals surface area contributed by atoms with Crippen molar-refractivity contribution < 1.29 is 0 Å². The second-order valence-corrected chi connectivity index (χ2v) is 0. The Kier molecular flexibility index (Phi) is 127. The molecule has 0 aliphatic heterocycles. The second-order valence-electron chi connectivity index (χ2n) is 0. The number of hydrogen-bond donors (Lipinski definition) is 0. The fraction of sp³-hybridized carbons (Fsp3) is 0. The summed E-state index contributed by atoms with van der Waals surface area (Å²) in [6.07, 6.45) is 0. The fourth-order valence-electron chi connectivity index (χ4n) is 0. The SMILES string of the molecule is [Al].[Ga].[MgH2].[Sn]. The Labute approximate surface area is 82.8 Å². The van der Waals surface area contributed by atoms with Crippen molar-refractivity contribution in [3.05, 3.63) is 0 Å². The van der Waals surface area contributed by atoms with Gasteiger partial charge in [-0.05, 0) is 0 Å². The van der Waals surface area contributed by atoms with Crippen LogP contribution in [0.5, 0.6) is 0 Å². The molecule has 4 heteroatoms. The Balaban J connectivity index is 0. The van der Waals surface area contributed by atoms with Crippen LogP contribution in [0.2, 0.25) is 0 Å². The molecule has 0 aliphatic carbocycles. The van der Waals surface area contributed by atoms with Crippen molar-refractivity contribution in [2.45, 2.75) is 0 Å². The Hall–Kier alpha value is 2.73. The molecule has 10 radical (unpaired) electrons. The molecular formula is H2AlGaMgSn. The maximum Gasteiger partial charge on any atom is 0.316 e. The first-order valence-electron chi connectivity index (χ1n) is 0. The maximum absolute atomic E-state index is 0. The molecule has 4 heavy (non-hydrogen) atoms. The van der Waals surface area contributed by atoms with Gasteiger partial charge in [-0.2, -0.15) is 0 Å². The first-order valence-corrected chi connectivity index (χ1v) is 0.